The van der Waals surface area contributed by atoms with E-state index in [4.69, 9.17) is 4.74 Å². The van der Waals surface area contributed by atoms with Gasteiger partial charge in [-0.25, -0.2) is 9.78 Å². The molecule has 26 heavy (non-hydrogen) atoms. The maximum absolute atomic E-state index is 11.8. The van der Waals surface area contributed by atoms with Crippen LogP contribution in [-0.4, -0.2) is 11.0 Å². The van der Waals surface area contributed by atoms with Crippen LogP contribution in [-0.2, 0) is 16.1 Å². The number of aromatic nitrogens is 1. The minimum atomic E-state index is -0.371. The first kappa shape index (κ1) is 18.1. The molecule has 0 aliphatic rings. The molecular formula is C22H21NO2S. The lowest BCUT2D eigenvalue weighted by atomic mass is 10.0. The van der Waals surface area contributed by atoms with Crippen molar-refractivity contribution in [3.8, 4) is 10.6 Å². The summed E-state index contributed by atoms with van der Waals surface area (Å²) in [4.78, 5) is 16.4. The van der Waals surface area contributed by atoms with Gasteiger partial charge in [0.2, 0.25) is 0 Å². The van der Waals surface area contributed by atoms with Crippen molar-refractivity contribution in [2.24, 2.45) is 0 Å². The van der Waals surface area contributed by atoms with Gasteiger partial charge in [-0.15, -0.1) is 11.3 Å². The van der Waals surface area contributed by atoms with Crippen molar-refractivity contribution in [2.45, 2.75) is 26.4 Å². The Hall–Kier alpha value is -2.72. The van der Waals surface area contributed by atoms with E-state index in [2.05, 4.69) is 43.1 Å². The molecule has 0 atom stereocenters. The largest absolute Gasteiger partial charge is 0.456 e. The van der Waals surface area contributed by atoms with Crippen LogP contribution in [0.5, 0.6) is 0 Å². The molecule has 0 radical (unpaired) electrons. The van der Waals surface area contributed by atoms with Gasteiger partial charge in [-0.05, 0) is 23.1 Å². The number of thiazole rings is 1. The third-order valence-corrected chi connectivity index (χ3v) is 4.89. The fraction of sp³-hybridized carbons (Fsp3) is 0.182. The van der Waals surface area contributed by atoms with Crippen LogP contribution >= 0.6 is 11.3 Å². The van der Waals surface area contributed by atoms with Crippen LogP contribution in [0.25, 0.3) is 16.6 Å². The summed E-state index contributed by atoms with van der Waals surface area (Å²) >= 11 is 1.56. The van der Waals surface area contributed by atoms with Gasteiger partial charge >= 0.3 is 5.97 Å². The minimum absolute atomic E-state index is 0.179. The molecule has 0 unspecified atom stereocenters. The Kier molecular flexibility index (Phi) is 5.97. The van der Waals surface area contributed by atoms with Crippen molar-refractivity contribution >= 4 is 23.4 Å². The predicted molar refractivity (Wildman–Crippen MR) is 107 cm³/mol. The molecule has 0 fully saturated rings. The predicted octanol–water partition coefficient (Wildman–Crippen LogP) is 5.69. The lowest BCUT2D eigenvalue weighted by Crippen LogP contribution is -2.00. The van der Waals surface area contributed by atoms with E-state index in [0.29, 0.717) is 5.92 Å². The van der Waals surface area contributed by atoms with Gasteiger partial charge in [0.15, 0.2) is 0 Å². The number of hydrogen-bond donors (Lipinski definition) is 0. The molecule has 0 saturated heterocycles. The van der Waals surface area contributed by atoms with Gasteiger partial charge in [0.1, 0.15) is 11.6 Å². The average Bonchev–Trinajstić information content (AvgIpc) is 3.14. The van der Waals surface area contributed by atoms with Crippen LogP contribution in [0.1, 0.15) is 36.6 Å². The number of carbonyl (C=O) groups excluding carboxylic acids is 1. The van der Waals surface area contributed by atoms with Crippen molar-refractivity contribution in [1.29, 1.82) is 0 Å². The molecule has 0 saturated carbocycles. The molecule has 3 nitrogen and oxygen atoms in total. The topological polar surface area (TPSA) is 39.2 Å². The van der Waals surface area contributed by atoms with Crippen LogP contribution in [0.2, 0.25) is 0 Å². The molecule has 0 N–H and O–H groups in total. The van der Waals surface area contributed by atoms with Crippen molar-refractivity contribution in [2.75, 3.05) is 0 Å². The number of carbonyl (C=O) groups is 1. The fourth-order valence-electron chi connectivity index (χ4n) is 2.44. The Morgan fingerprint density at radius 2 is 1.85 bits per heavy atom. The van der Waals surface area contributed by atoms with Gasteiger partial charge in [-0.2, -0.15) is 0 Å². The van der Waals surface area contributed by atoms with E-state index in [1.165, 1.54) is 11.6 Å². The lowest BCUT2D eigenvalue weighted by Gasteiger charge is -2.05. The number of hydrogen-bond acceptors (Lipinski definition) is 4. The molecule has 0 bridgehead atoms. The Morgan fingerprint density at radius 1 is 1.12 bits per heavy atom. The molecule has 4 heteroatoms. The van der Waals surface area contributed by atoms with E-state index in [0.717, 1.165) is 21.8 Å². The van der Waals surface area contributed by atoms with Crippen molar-refractivity contribution in [3.05, 3.63) is 82.9 Å². The van der Waals surface area contributed by atoms with Gasteiger partial charge < -0.3 is 4.74 Å². The monoisotopic (exact) mass is 363 g/mol. The second-order valence-electron chi connectivity index (χ2n) is 6.27. The first-order valence-corrected chi connectivity index (χ1v) is 9.44. The van der Waals surface area contributed by atoms with Gasteiger partial charge in [0, 0.05) is 17.0 Å². The summed E-state index contributed by atoms with van der Waals surface area (Å²) in [5.41, 5.74) is 4.12. The second-order valence-corrected chi connectivity index (χ2v) is 7.13. The lowest BCUT2D eigenvalue weighted by molar-refractivity contribution is -0.139. The summed E-state index contributed by atoms with van der Waals surface area (Å²) in [7, 11) is 0. The van der Waals surface area contributed by atoms with Gasteiger partial charge in [-0.1, -0.05) is 68.4 Å². The van der Waals surface area contributed by atoms with Crippen LogP contribution < -0.4 is 0 Å². The molecule has 1 heterocycles. The number of benzene rings is 2. The molecule has 2 aromatic carbocycles. The highest BCUT2D eigenvalue weighted by Crippen LogP contribution is 2.26. The zero-order valence-corrected chi connectivity index (χ0v) is 15.7. The number of esters is 1. The number of rotatable bonds is 6. The van der Waals surface area contributed by atoms with Crippen molar-refractivity contribution in [1.82, 2.24) is 4.98 Å². The highest BCUT2D eigenvalue weighted by Gasteiger charge is 2.07. The van der Waals surface area contributed by atoms with Crippen molar-refractivity contribution in [3.63, 3.8) is 0 Å². The van der Waals surface area contributed by atoms with Crippen LogP contribution in [0.4, 0.5) is 0 Å². The highest BCUT2D eigenvalue weighted by atomic mass is 32.1. The molecule has 3 rings (SSSR count). The maximum atomic E-state index is 11.8. The normalized spacial score (nSPS) is 11.2. The Bertz CT molecular complexity index is 880. The molecule has 0 amide bonds. The molecule has 132 valence electrons. The van der Waals surface area contributed by atoms with Crippen LogP contribution in [0, 0.1) is 0 Å². The van der Waals surface area contributed by atoms with Crippen molar-refractivity contribution < 1.29 is 9.53 Å². The third kappa shape index (κ3) is 4.90. The molecule has 0 spiro atoms. The van der Waals surface area contributed by atoms with E-state index >= 15 is 0 Å². The van der Waals surface area contributed by atoms with E-state index in [1.54, 1.807) is 17.4 Å². The smallest absolute Gasteiger partial charge is 0.331 e. The zero-order valence-electron chi connectivity index (χ0n) is 14.9. The fourth-order valence-corrected chi connectivity index (χ4v) is 3.25. The SMILES string of the molecule is CC(C)c1ccc(-c2nc(COC(=O)/C=C/c3ccccc3)cs2)cc1. The number of nitrogens with zero attached hydrogens (tertiary/aromatic N) is 1. The first-order chi connectivity index (χ1) is 12.6. The van der Waals surface area contributed by atoms with E-state index < -0.39 is 0 Å². The van der Waals surface area contributed by atoms with Gasteiger partial charge in [-0.3, -0.25) is 0 Å². The average molecular weight is 363 g/mol. The van der Waals surface area contributed by atoms with E-state index in [9.17, 15) is 4.79 Å². The highest BCUT2D eigenvalue weighted by molar-refractivity contribution is 7.13. The molecule has 1 aromatic heterocycles. The van der Waals surface area contributed by atoms with Gasteiger partial charge in [0.05, 0.1) is 5.69 Å². The summed E-state index contributed by atoms with van der Waals surface area (Å²) in [5.74, 6) is 0.143. The summed E-state index contributed by atoms with van der Waals surface area (Å²) in [6, 6.07) is 18.1. The summed E-state index contributed by atoms with van der Waals surface area (Å²) in [6.45, 7) is 4.53. The summed E-state index contributed by atoms with van der Waals surface area (Å²) in [6.07, 6.45) is 3.18. The zero-order chi connectivity index (χ0) is 18.4. The van der Waals surface area contributed by atoms with Gasteiger partial charge in [0.25, 0.3) is 0 Å². The molecule has 0 aliphatic carbocycles. The quantitative estimate of drug-likeness (QED) is 0.417. The molecular weight excluding hydrogens is 342 g/mol. The standard InChI is InChI=1S/C22H21NO2S/c1-16(2)18-9-11-19(12-10-18)22-23-20(15-26-22)14-25-21(24)13-8-17-6-4-3-5-7-17/h3-13,15-16H,14H2,1-2H3/b13-8+. The first-order valence-electron chi connectivity index (χ1n) is 8.56. The Morgan fingerprint density at radius 3 is 2.54 bits per heavy atom. The minimum Gasteiger partial charge on any atom is -0.456 e. The molecule has 0 aliphatic heterocycles. The number of ether oxygens (including phenoxy) is 1. The third-order valence-electron chi connectivity index (χ3n) is 3.95. The second kappa shape index (κ2) is 8.59. The summed E-state index contributed by atoms with van der Waals surface area (Å²) in [5, 5.41) is 2.87. The van der Waals surface area contributed by atoms with Crippen LogP contribution in [0.3, 0.4) is 0 Å². The van der Waals surface area contributed by atoms with Crippen LogP contribution in [0.15, 0.2) is 66.1 Å². The maximum Gasteiger partial charge on any atom is 0.331 e. The summed E-state index contributed by atoms with van der Waals surface area (Å²) < 4.78 is 5.27. The van der Waals surface area contributed by atoms with E-state index in [1.807, 2.05) is 35.7 Å². The Balaban J connectivity index is 1.56. The molecule has 3 aromatic rings. The van der Waals surface area contributed by atoms with E-state index in [-0.39, 0.29) is 12.6 Å². The Labute approximate surface area is 158 Å².